The molecule has 0 N–H and O–H groups in total. The summed E-state index contributed by atoms with van der Waals surface area (Å²) in [4.78, 5) is 4.85. The van der Waals surface area contributed by atoms with E-state index in [4.69, 9.17) is 0 Å². The van der Waals surface area contributed by atoms with Crippen LogP contribution >= 0.6 is 0 Å². The Labute approximate surface area is 154 Å². The van der Waals surface area contributed by atoms with Gasteiger partial charge in [0.25, 0.3) is 0 Å². The lowest BCUT2D eigenvalue weighted by molar-refractivity contribution is 0.344. The third-order valence-corrected chi connectivity index (χ3v) is 5.79. The van der Waals surface area contributed by atoms with Crippen molar-refractivity contribution in [3.8, 4) is 0 Å². The lowest BCUT2D eigenvalue weighted by Crippen LogP contribution is -2.34. The summed E-state index contributed by atoms with van der Waals surface area (Å²) in [5.74, 6) is -0.202. The van der Waals surface area contributed by atoms with Crippen LogP contribution in [0.1, 0.15) is 42.7 Å². The van der Waals surface area contributed by atoms with E-state index >= 15 is 0 Å². The third kappa shape index (κ3) is 3.75. The zero-order valence-electron chi connectivity index (χ0n) is 15.1. The molecule has 0 bridgehead atoms. The van der Waals surface area contributed by atoms with Gasteiger partial charge in [0.2, 0.25) is 0 Å². The molecule has 26 heavy (non-hydrogen) atoms. The van der Waals surface area contributed by atoms with Crippen LogP contribution in [0.3, 0.4) is 0 Å². The van der Waals surface area contributed by atoms with Crippen molar-refractivity contribution in [3.63, 3.8) is 0 Å². The summed E-state index contributed by atoms with van der Waals surface area (Å²) in [7, 11) is 0. The first kappa shape index (κ1) is 17.5. The smallest absolute Gasteiger partial charge is 0.125 e. The minimum atomic E-state index is -0.214. The fourth-order valence-electron chi connectivity index (χ4n) is 4.39. The Morgan fingerprint density at radius 1 is 0.808 bits per heavy atom. The van der Waals surface area contributed by atoms with Crippen molar-refractivity contribution in [1.29, 1.82) is 0 Å². The number of fused-ring (bicyclic) bond motifs is 1. The molecular weight excluding hydrogens is 330 g/mol. The lowest BCUT2D eigenvalue weighted by Gasteiger charge is -2.28. The summed E-state index contributed by atoms with van der Waals surface area (Å²) in [5.41, 5.74) is 3.29. The summed E-state index contributed by atoms with van der Waals surface area (Å²) in [5, 5.41) is 0. The zero-order valence-corrected chi connectivity index (χ0v) is 15.1. The van der Waals surface area contributed by atoms with E-state index in [0.29, 0.717) is 0 Å². The highest BCUT2D eigenvalue weighted by molar-refractivity contribution is 5.58. The van der Waals surface area contributed by atoms with Gasteiger partial charge < -0.3 is 9.80 Å². The van der Waals surface area contributed by atoms with Gasteiger partial charge in [0.15, 0.2) is 0 Å². The van der Waals surface area contributed by atoms with E-state index in [1.807, 2.05) is 18.2 Å². The second-order valence-electron chi connectivity index (χ2n) is 7.49. The topological polar surface area (TPSA) is 6.48 Å². The summed E-state index contributed by atoms with van der Waals surface area (Å²) in [6.07, 6.45) is 4.64. The fourth-order valence-corrected chi connectivity index (χ4v) is 4.39. The Hall–Kier alpha value is -1.94. The van der Waals surface area contributed by atoms with Gasteiger partial charge in [-0.1, -0.05) is 18.2 Å². The van der Waals surface area contributed by atoms with Crippen LogP contribution < -0.4 is 4.90 Å². The van der Waals surface area contributed by atoms with Gasteiger partial charge in [-0.25, -0.2) is 8.78 Å². The van der Waals surface area contributed by atoms with Gasteiger partial charge in [-0.15, -0.1) is 0 Å². The van der Waals surface area contributed by atoms with Crippen molar-refractivity contribution in [2.24, 2.45) is 0 Å². The molecule has 2 aromatic carbocycles. The van der Waals surface area contributed by atoms with Gasteiger partial charge in [0.1, 0.15) is 11.6 Å². The number of likely N-dealkylation sites (tertiary alicyclic amines) is 1. The molecule has 0 spiro atoms. The number of nitrogens with zero attached hydrogens (tertiary/aromatic N) is 2. The molecule has 0 unspecified atom stereocenters. The molecule has 4 heteroatoms. The van der Waals surface area contributed by atoms with Crippen molar-refractivity contribution in [1.82, 2.24) is 4.90 Å². The largest absolute Gasteiger partial charge is 0.370 e. The number of hydrogen-bond acceptors (Lipinski definition) is 2. The first-order valence-corrected chi connectivity index (χ1v) is 9.73. The molecule has 0 amide bonds. The number of hydrogen-bond donors (Lipinski definition) is 0. The summed E-state index contributed by atoms with van der Waals surface area (Å²) in [6, 6.07) is 11.9. The maximum absolute atomic E-state index is 14.0. The second kappa shape index (κ2) is 7.75. The normalized spacial score (nSPS) is 20.8. The summed E-state index contributed by atoms with van der Waals surface area (Å²) < 4.78 is 27.4. The Balaban J connectivity index is 1.62. The van der Waals surface area contributed by atoms with Crippen molar-refractivity contribution in [2.45, 2.75) is 31.6 Å². The quantitative estimate of drug-likeness (QED) is 0.777. The minimum Gasteiger partial charge on any atom is -0.370 e. The van der Waals surface area contributed by atoms with Crippen LogP contribution in [0.15, 0.2) is 42.5 Å². The number of anilines is 1. The Kier molecular flexibility index (Phi) is 5.21. The predicted molar refractivity (Wildman–Crippen MR) is 102 cm³/mol. The van der Waals surface area contributed by atoms with Gasteiger partial charge in [-0.05, 0) is 74.2 Å². The van der Waals surface area contributed by atoms with Crippen molar-refractivity contribution >= 4 is 5.69 Å². The van der Waals surface area contributed by atoms with Crippen LogP contribution in [0, 0.1) is 11.6 Å². The first-order chi connectivity index (χ1) is 12.7. The number of halogens is 2. The Bertz CT molecular complexity index is 738. The number of rotatable bonds is 4. The first-order valence-electron chi connectivity index (χ1n) is 9.73. The zero-order chi connectivity index (χ0) is 17.9. The molecule has 0 radical (unpaired) electrons. The van der Waals surface area contributed by atoms with Crippen LogP contribution in [-0.4, -0.2) is 37.6 Å². The molecule has 4 rings (SSSR count). The van der Waals surface area contributed by atoms with E-state index in [1.165, 1.54) is 38.1 Å². The van der Waals surface area contributed by atoms with Gasteiger partial charge in [-0.2, -0.15) is 0 Å². The van der Waals surface area contributed by atoms with E-state index in [-0.39, 0.29) is 17.6 Å². The van der Waals surface area contributed by atoms with Crippen molar-refractivity contribution in [3.05, 3.63) is 65.2 Å². The maximum atomic E-state index is 14.0. The van der Waals surface area contributed by atoms with Gasteiger partial charge >= 0.3 is 0 Å². The van der Waals surface area contributed by atoms with Gasteiger partial charge in [-0.3, -0.25) is 0 Å². The SMILES string of the molecule is Fc1ccc([C@@H]2CCCN(CCN3CCCC3)c3cc(F)ccc32)cc1. The highest BCUT2D eigenvalue weighted by Crippen LogP contribution is 2.39. The molecule has 0 aliphatic carbocycles. The maximum Gasteiger partial charge on any atom is 0.125 e. The fraction of sp³-hybridized carbons (Fsp3) is 0.455. The van der Waals surface area contributed by atoms with Gasteiger partial charge in [0, 0.05) is 31.2 Å². The molecule has 2 aliphatic heterocycles. The summed E-state index contributed by atoms with van der Waals surface area (Å²) >= 11 is 0. The molecule has 1 atom stereocenters. The van der Waals surface area contributed by atoms with Crippen LogP contribution in [-0.2, 0) is 0 Å². The molecule has 1 fully saturated rings. The number of benzene rings is 2. The Morgan fingerprint density at radius 3 is 2.31 bits per heavy atom. The van der Waals surface area contributed by atoms with Crippen LogP contribution in [0.5, 0.6) is 0 Å². The molecule has 1 saturated heterocycles. The molecule has 0 saturated carbocycles. The van der Waals surface area contributed by atoms with Crippen LogP contribution in [0.4, 0.5) is 14.5 Å². The molecular formula is C22H26F2N2. The molecule has 2 nitrogen and oxygen atoms in total. The van der Waals surface area contributed by atoms with Crippen LogP contribution in [0.2, 0.25) is 0 Å². The van der Waals surface area contributed by atoms with Crippen LogP contribution in [0.25, 0.3) is 0 Å². The average molecular weight is 356 g/mol. The minimum absolute atomic E-state index is 0.185. The van der Waals surface area contributed by atoms with E-state index in [9.17, 15) is 8.78 Å². The molecule has 2 aromatic rings. The van der Waals surface area contributed by atoms with E-state index in [1.54, 1.807) is 12.1 Å². The van der Waals surface area contributed by atoms with Crippen molar-refractivity contribution in [2.75, 3.05) is 37.6 Å². The van der Waals surface area contributed by atoms with E-state index < -0.39 is 0 Å². The average Bonchev–Trinajstić information content (AvgIpc) is 3.10. The molecule has 2 aliphatic rings. The molecule has 138 valence electrons. The summed E-state index contributed by atoms with van der Waals surface area (Å²) in [6.45, 7) is 5.29. The van der Waals surface area contributed by atoms with Crippen molar-refractivity contribution < 1.29 is 8.78 Å². The monoisotopic (exact) mass is 356 g/mol. The Morgan fingerprint density at radius 2 is 1.54 bits per heavy atom. The molecule has 2 heterocycles. The highest BCUT2D eigenvalue weighted by Gasteiger charge is 2.25. The second-order valence-corrected chi connectivity index (χ2v) is 7.49. The molecule has 0 aromatic heterocycles. The van der Waals surface area contributed by atoms with E-state index in [2.05, 4.69) is 9.80 Å². The third-order valence-electron chi connectivity index (χ3n) is 5.79. The highest BCUT2D eigenvalue weighted by atomic mass is 19.1. The standard InChI is InChI=1S/C22H26F2N2/c23-18-7-5-17(6-8-18)20-4-3-13-26(15-14-25-11-1-2-12-25)22-16-19(24)9-10-21(20)22/h5-10,16,20H,1-4,11-15H2/t20-/m0/s1. The van der Waals surface area contributed by atoms with Gasteiger partial charge in [0.05, 0.1) is 0 Å². The lowest BCUT2D eigenvalue weighted by atomic mass is 9.87. The van der Waals surface area contributed by atoms with E-state index in [0.717, 1.165) is 49.3 Å². The predicted octanol–water partition coefficient (Wildman–Crippen LogP) is 4.79.